The number of imidazole rings is 1. The predicted octanol–water partition coefficient (Wildman–Crippen LogP) is 3.85. The summed E-state index contributed by atoms with van der Waals surface area (Å²) >= 11 is 1.64. The maximum atomic E-state index is 4.49. The van der Waals surface area contributed by atoms with Crippen LogP contribution in [0.25, 0.3) is 27.2 Å². The molecule has 0 radical (unpaired) electrons. The molecule has 0 bridgehead atoms. The van der Waals surface area contributed by atoms with E-state index < -0.39 is 0 Å². The molecule has 0 saturated carbocycles. The van der Waals surface area contributed by atoms with Crippen molar-refractivity contribution < 1.29 is 0 Å². The number of hydrogen-bond donors (Lipinski definition) is 0. The van der Waals surface area contributed by atoms with Crippen LogP contribution in [0.3, 0.4) is 0 Å². The zero-order valence-corrected chi connectivity index (χ0v) is 12.2. The molecule has 3 heterocycles. The number of nitrogens with zero attached hydrogens (tertiary/aromatic N) is 4. The molecular formula is C16H12N4S. The molecule has 0 unspecified atom stereocenters. The summed E-state index contributed by atoms with van der Waals surface area (Å²) in [5.41, 5.74) is 2.34. The smallest absolute Gasteiger partial charge is 0.150 e. The number of aryl methyl sites for hydroxylation is 1. The van der Waals surface area contributed by atoms with Gasteiger partial charge in [0.05, 0.1) is 5.39 Å². The number of aromatic nitrogens is 4. The average Bonchev–Trinajstić information content (AvgIpc) is 3.14. The molecule has 4 aromatic rings. The van der Waals surface area contributed by atoms with E-state index in [1.807, 2.05) is 35.9 Å². The molecule has 0 fully saturated rings. The molecule has 0 spiro atoms. The number of thiophene rings is 1. The Hall–Kier alpha value is -2.53. The average molecular weight is 292 g/mol. The fourth-order valence-corrected chi connectivity index (χ4v) is 3.38. The minimum absolute atomic E-state index is 0.884. The molecule has 3 aromatic heterocycles. The van der Waals surface area contributed by atoms with Crippen LogP contribution in [0.15, 0.2) is 54.4 Å². The zero-order valence-electron chi connectivity index (χ0n) is 11.4. The van der Waals surface area contributed by atoms with E-state index in [0.717, 1.165) is 21.9 Å². The Labute approximate surface area is 125 Å². The van der Waals surface area contributed by atoms with E-state index in [2.05, 4.69) is 32.5 Å². The molecule has 4 rings (SSSR count). The van der Waals surface area contributed by atoms with E-state index >= 15 is 0 Å². The fraction of sp³-hybridized carbons (Fsp3) is 0.0625. The maximum absolute atomic E-state index is 4.49. The lowest BCUT2D eigenvalue weighted by molar-refractivity contribution is 0.936. The molecule has 102 valence electrons. The van der Waals surface area contributed by atoms with Gasteiger partial charge in [0.15, 0.2) is 5.82 Å². The van der Waals surface area contributed by atoms with Gasteiger partial charge in [-0.15, -0.1) is 11.3 Å². The van der Waals surface area contributed by atoms with Gasteiger partial charge in [-0.3, -0.25) is 4.57 Å². The second kappa shape index (κ2) is 4.79. The highest BCUT2D eigenvalue weighted by Crippen LogP contribution is 2.35. The van der Waals surface area contributed by atoms with Gasteiger partial charge in [0.2, 0.25) is 0 Å². The van der Waals surface area contributed by atoms with E-state index in [-0.39, 0.29) is 0 Å². The molecule has 0 saturated heterocycles. The Bertz CT molecular complexity index is 908. The quantitative estimate of drug-likeness (QED) is 0.563. The monoisotopic (exact) mass is 292 g/mol. The Morgan fingerprint density at radius 1 is 1.05 bits per heavy atom. The highest BCUT2D eigenvalue weighted by molar-refractivity contribution is 7.17. The Balaban J connectivity index is 2.05. The number of rotatable bonds is 2. The molecule has 4 nitrogen and oxygen atoms in total. The van der Waals surface area contributed by atoms with Gasteiger partial charge in [-0.2, -0.15) is 0 Å². The second-order valence-corrected chi connectivity index (χ2v) is 5.60. The van der Waals surface area contributed by atoms with Crippen molar-refractivity contribution in [2.75, 3.05) is 0 Å². The molecular weight excluding hydrogens is 280 g/mol. The second-order valence-electron chi connectivity index (χ2n) is 4.74. The number of fused-ring (bicyclic) bond motifs is 1. The summed E-state index contributed by atoms with van der Waals surface area (Å²) in [4.78, 5) is 14.2. The highest BCUT2D eigenvalue weighted by atomic mass is 32.1. The molecule has 21 heavy (non-hydrogen) atoms. The molecule has 5 heteroatoms. The van der Waals surface area contributed by atoms with Gasteiger partial charge < -0.3 is 0 Å². The van der Waals surface area contributed by atoms with Crippen LogP contribution in [0.2, 0.25) is 0 Å². The van der Waals surface area contributed by atoms with Crippen molar-refractivity contribution in [3.05, 3.63) is 60.3 Å². The van der Waals surface area contributed by atoms with Crippen LogP contribution in [-0.4, -0.2) is 19.5 Å². The maximum Gasteiger partial charge on any atom is 0.150 e. The normalized spacial score (nSPS) is 11.1. The van der Waals surface area contributed by atoms with Gasteiger partial charge >= 0.3 is 0 Å². The van der Waals surface area contributed by atoms with Crippen LogP contribution in [0, 0.1) is 6.92 Å². The van der Waals surface area contributed by atoms with Crippen molar-refractivity contribution in [1.82, 2.24) is 19.5 Å². The third-order valence-corrected chi connectivity index (χ3v) is 4.38. The summed E-state index contributed by atoms with van der Waals surface area (Å²) in [6.45, 7) is 1.97. The fourth-order valence-electron chi connectivity index (χ4n) is 2.47. The third kappa shape index (κ3) is 1.94. The molecule has 0 N–H and O–H groups in total. The van der Waals surface area contributed by atoms with Crippen LogP contribution < -0.4 is 0 Å². The minimum Gasteiger partial charge on any atom is -0.287 e. The zero-order chi connectivity index (χ0) is 14.2. The lowest BCUT2D eigenvalue weighted by Gasteiger charge is -2.07. The highest BCUT2D eigenvalue weighted by Gasteiger charge is 2.15. The van der Waals surface area contributed by atoms with Crippen molar-refractivity contribution >= 4 is 21.6 Å². The summed E-state index contributed by atoms with van der Waals surface area (Å²) in [5.74, 6) is 1.80. The Morgan fingerprint density at radius 3 is 2.67 bits per heavy atom. The first kappa shape index (κ1) is 12.2. The first-order chi connectivity index (χ1) is 10.3. The van der Waals surface area contributed by atoms with Gasteiger partial charge in [0.25, 0.3) is 0 Å². The van der Waals surface area contributed by atoms with Gasteiger partial charge in [-0.1, -0.05) is 30.3 Å². The summed E-state index contributed by atoms with van der Waals surface area (Å²) in [5, 5.41) is 3.22. The van der Waals surface area contributed by atoms with Gasteiger partial charge in [0, 0.05) is 23.3 Å². The predicted molar refractivity (Wildman–Crippen MR) is 84.7 cm³/mol. The molecule has 0 aliphatic heterocycles. The van der Waals surface area contributed by atoms with Crippen molar-refractivity contribution in [3.63, 3.8) is 0 Å². The lowest BCUT2D eigenvalue weighted by atomic mass is 10.1. The Morgan fingerprint density at radius 2 is 1.90 bits per heavy atom. The van der Waals surface area contributed by atoms with Crippen molar-refractivity contribution in [2.24, 2.45) is 0 Å². The van der Waals surface area contributed by atoms with Crippen LogP contribution >= 0.6 is 11.3 Å². The van der Waals surface area contributed by atoms with Crippen LogP contribution in [0.4, 0.5) is 0 Å². The van der Waals surface area contributed by atoms with Gasteiger partial charge in [-0.05, 0) is 12.5 Å². The summed E-state index contributed by atoms with van der Waals surface area (Å²) in [6, 6.07) is 10.3. The molecule has 0 atom stereocenters. The summed E-state index contributed by atoms with van der Waals surface area (Å²) in [7, 11) is 0. The standard InChI is InChI=1S/C16H12N4S/c1-11-17-7-8-20(11)15-14-13(12-5-3-2-4-6-12)9-21-16(14)19-10-18-15/h2-10H,1H3. The Kier molecular flexibility index (Phi) is 2.79. The van der Waals surface area contributed by atoms with Crippen LogP contribution in [0.5, 0.6) is 0 Å². The van der Waals surface area contributed by atoms with Gasteiger partial charge in [0.1, 0.15) is 17.0 Å². The van der Waals surface area contributed by atoms with E-state index in [9.17, 15) is 0 Å². The molecule has 0 amide bonds. The number of benzene rings is 1. The van der Waals surface area contributed by atoms with E-state index in [1.54, 1.807) is 23.9 Å². The first-order valence-electron chi connectivity index (χ1n) is 6.62. The summed E-state index contributed by atoms with van der Waals surface area (Å²) in [6.07, 6.45) is 5.34. The van der Waals surface area contributed by atoms with Crippen LogP contribution in [-0.2, 0) is 0 Å². The van der Waals surface area contributed by atoms with Crippen molar-refractivity contribution in [3.8, 4) is 16.9 Å². The van der Waals surface area contributed by atoms with Gasteiger partial charge in [-0.25, -0.2) is 15.0 Å². The summed E-state index contributed by atoms with van der Waals surface area (Å²) < 4.78 is 2.00. The molecule has 0 aliphatic rings. The van der Waals surface area contributed by atoms with Crippen LogP contribution in [0.1, 0.15) is 5.82 Å². The lowest BCUT2D eigenvalue weighted by Crippen LogP contribution is -2.00. The topological polar surface area (TPSA) is 43.6 Å². The first-order valence-corrected chi connectivity index (χ1v) is 7.50. The van der Waals surface area contributed by atoms with E-state index in [4.69, 9.17) is 0 Å². The van der Waals surface area contributed by atoms with Crippen molar-refractivity contribution in [2.45, 2.75) is 6.92 Å². The van der Waals surface area contributed by atoms with Crippen molar-refractivity contribution in [1.29, 1.82) is 0 Å². The van der Waals surface area contributed by atoms with E-state index in [1.165, 1.54) is 11.1 Å². The minimum atomic E-state index is 0.884. The molecule has 0 aliphatic carbocycles. The SMILES string of the molecule is Cc1nccn1-c1ncnc2scc(-c3ccccc3)c12. The third-order valence-electron chi connectivity index (χ3n) is 3.49. The van der Waals surface area contributed by atoms with E-state index in [0.29, 0.717) is 0 Å². The number of hydrogen-bond acceptors (Lipinski definition) is 4. The largest absolute Gasteiger partial charge is 0.287 e. The molecule has 1 aromatic carbocycles.